The summed E-state index contributed by atoms with van der Waals surface area (Å²) < 4.78 is 6.13. The molecule has 16 heavy (non-hydrogen) atoms. The van der Waals surface area contributed by atoms with Crippen LogP contribution in [0.1, 0.15) is 50.2 Å². The lowest BCUT2D eigenvalue weighted by Crippen LogP contribution is -2.06. The first-order valence-electron chi connectivity index (χ1n) is 5.73. The topological polar surface area (TPSA) is 37.9 Å². The van der Waals surface area contributed by atoms with Gasteiger partial charge in [0, 0.05) is 17.9 Å². The van der Waals surface area contributed by atoms with Crippen LogP contribution in [0.4, 0.5) is 0 Å². The first kappa shape index (κ1) is 13.3. The molecule has 1 aromatic rings. The summed E-state index contributed by atoms with van der Waals surface area (Å²) >= 11 is 5.30. The Morgan fingerprint density at radius 2 is 2.12 bits per heavy atom. The molecule has 0 radical (unpaired) electrons. The average molecular weight is 240 g/mol. The molecule has 0 fully saturated rings. The predicted octanol–water partition coefficient (Wildman–Crippen LogP) is 3.50. The molecule has 0 saturated heterocycles. The number of aromatic nitrogens is 2. The Hall–Kier alpha value is -0.740. The molecule has 0 amide bonds. The second-order valence-electron chi connectivity index (χ2n) is 4.23. The Kier molecular flexibility index (Phi) is 5.09. The number of nitrogens with zero attached hydrogens (tertiary/aromatic N) is 1. The number of ether oxygens (including phenoxy) is 1. The van der Waals surface area contributed by atoms with Gasteiger partial charge in [-0.2, -0.15) is 0 Å². The van der Waals surface area contributed by atoms with Gasteiger partial charge in [-0.15, -0.1) is 0 Å². The number of hydrogen-bond donors (Lipinski definition) is 1. The highest BCUT2D eigenvalue weighted by Gasteiger charge is 2.08. The Morgan fingerprint density at radius 3 is 2.62 bits per heavy atom. The first-order valence-corrected chi connectivity index (χ1v) is 6.14. The van der Waals surface area contributed by atoms with Gasteiger partial charge in [0.05, 0.1) is 0 Å². The van der Waals surface area contributed by atoms with Crippen molar-refractivity contribution in [2.75, 3.05) is 6.61 Å². The molecule has 0 unspecified atom stereocenters. The van der Waals surface area contributed by atoms with Gasteiger partial charge in [0.25, 0.3) is 0 Å². The van der Waals surface area contributed by atoms with E-state index < -0.39 is 0 Å². The molecule has 0 aromatic carbocycles. The maximum Gasteiger partial charge on any atom is 0.134 e. The zero-order valence-corrected chi connectivity index (χ0v) is 11.3. The fourth-order valence-electron chi connectivity index (χ4n) is 1.72. The summed E-state index contributed by atoms with van der Waals surface area (Å²) in [7, 11) is 0. The molecule has 1 N–H and O–H groups in total. The number of nitrogens with one attached hydrogen (secondary N) is 1. The van der Waals surface area contributed by atoms with Gasteiger partial charge < -0.3 is 9.72 Å². The molecule has 0 aliphatic heterocycles. The maximum atomic E-state index is 5.44. The molecule has 1 aromatic heterocycles. The van der Waals surface area contributed by atoms with Crippen molar-refractivity contribution in [2.24, 2.45) is 0 Å². The lowest BCUT2D eigenvalue weighted by Gasteiger charge is -2.11. The van der Waals surface area contributed by atoms with Crippen LogP contribution in [-0.2, 0) is 11.3 Å². The van der Waals surface area contributed by atoms with E-state index in [4.69, 9.17) is 17.0 Å². The van der Waals surface area contributed by atoms with Crippen molar-refractivity contribution in [1.82, 2.24) is 9.97 Å². The van der Waals surface area contributed by atoms with Gasteiger partial charge in [0.1, 0.15) is 17.1 Å². The van der Waals surface area contributed by atoms with E-state index in [2.05, 4.69) is 30.7 Å². The molecule has 3 nitrogen and oxygen atoms in total. The van der Waals surface area contributed by atoms with Gasteiger partial charge >= 0.3 is 0 Å². The van der Waals surface area contributed by atoms with E-state index in [-0.39, 0.29) is 0 Å². The lowest BCUT2D eigenvalue weighted by molar-refractivity contribution is 0.116. The van der Waals surface area contributed by atoms with E-state index in [1.807, 2.05) is 6.92 Å². The van der Waals surface area contributed by atoms with Crippen molar-refractivity contribution in [3.63, 3.8) is 0 Å². The fraction of sp³-hybridized carbons (Fsp3) is 0.667. The number of aryl methyl sites for hydroxylation is 1. The highest BCUT2D eigenvalue weighted by molar-refractivity contribution is 7.71. The molecule has 0 aliphatic carbocycles. The van der Waals surface area contributed by atoms with Crippen molar-refractivity contribution in [1.29, 1.82) is 0 Å². The zero-order valence-electron chi connectivity index (χ0n) is 10.5. The van der Waals surface area contributed by atoms with Crippen molar-refractivity contribution in [3.05, 3.63) is 21.7 Å². The van der Waals surface area contributed by atoms with Crippen LogP contribution in [-0.4, -0.2) is 16.6 Å². The van der Waals surface area contributed by atoms with Gasteiger partial charge in [-0.25, -0.2) is 4.98 Å². The summed E-state index contributed by atoms with van der Waals surface area (Å²) in [4.78, 5) is 7.62. The largest absolute Gasteiger partial charge is 0.374 e. The molecular weight excluding hydrogens is 220 g/mol. The van der Waals surface area contributed by atoms with Crippen molar-refractivity contribution in [3.8, 4) is 0 Å². The quantitative estimate of drug-likeness (QED) is 0.632. The molecule has 90 valence electrons. The molecular formula is C12H20N2OS. The van der Waals surface area contributed by atoms with Gasteiger partial charge in [0.15, 0.2) is 0 Å². The normalized spacial score (nSPS) is 11.1. The second kappa shape index (κ2) is 6.11. The summed E-state index contributed by atoms with van der Waals surface area (Å²) in [5.41, 5.74) is 2.24. The summed E-state index contributed by atoms with van der Waals surface area (Å²) in [5.74, 6) is 1.22. The Morgan fingerprint density at radius 1 is 1.44 bits per heavy atom. The van der Waals surface area contributed by atoms with Crippen LogP contribution in [0.2, 0.25) is 0 Å². The predicted molar refractivity (Wildman–Crippen MR) is 68.2 cm³/mol. The van der Waals surface area contributed by atoms with Crippen LogP contribution in [0, 0.1) is 11.6 Å². The average Bonchev–Trinajstić information content (AvgIpc) is 2.16. The standard InChI is InChI=1S/C12H20N2OS/c1-5-6-15-7-10-13-9(4)11(8(2)3)12(16)14-10/h8H,5-7H2,1-4H3,(H,13,14,16). The smallest absolute Gasteiger partial charge is 0.134 e. The van der Waals surface area contributed by atoms with Crippen molar-refractivity contribution < 1.29 is 4.74 Å². The van der Waals surface area contributed by atoms with Crippen LogP contribution in [0.3, 0.4) is 0 Å². The zero-order chi connectivity index (χ0) is 12.1. The number of hydrogen-bond acceptors (Lipinski definition) is 3. The van der Waals surface area contributed by atoms with Crippen LogP contribution >= 0.6 is 12.2 Å². The highest BCUT2D eigenvalue weighted by Crippen LogP contribution is 2.18. The first-order chi connectivity index (χ1) is 7.56. The minimum atomic E-state index is 0.405. The molecule has 0 bridgehead atoms. The molecule has 0 spiro atoms. The molecule has 4 heteroatoms. The van der Waals surface area contributed by atoms with Gasteiger partial charge in [0.2, 0.25) is 0 Å². The third-order valence-corrected chi connectivity index (χ3v) is 2.68. The van der Waals surface area contributed by atoms with Gasteiger partial charge in [-0.3, -0.25) is 0 Å². The Balaban J connectivity index is 2.88. The van der Waals surface area contributed by atoms with Crippen LogP contribution < -0.4 is 0 Å². The van der Waals surface area contributed by atoms with Gasteiger partial charge in [-0.1, -0.05) is 33.0 Å². The summed E-state index contributed by atoms with van der Waals surface area (Å²) in [6.45, 7) is 9.64. The SMILES string of the molecule is CCCOCc1nc(=S)c(C(C)C)c(C)[nH]1. The fourth-order valence-corrected chi connectivity index (χ4v) is 2.22. The minimum absolute atomic E-state index is 0.405. The number of H-pyrrole nitrogens is 1. The van der Waals surface area contributed by atoms with Crippen LogP contribution in [0.5, 0.6) is 0 Å². The Bertz CT molecular complexity index is 398. The monoisotopic (exact) mass is 240 g/mol. The van der Waals surface area contributed by atoms with E-state index in [0.717, 1.165) is 30.1 Å². The molecule has 0 aliphatic rings. The number of aromatic amines is 1. The molecule has 1 rings (SSSR count). The summed E-state index contributed by atoms with van der Waals surface area (Å²) in [6.07, 6.45) is 1.02. The second-order valence-corrected chi connectivity index (χ2v) is 4.62. The van der Waals surface area contributed by atoms with Crippen LogP contribution in [0.25, 0.3) is 0 Å². The van der Waals surface area contributed by atoms with E-state index in [0.29, 0.717) is 17.2 Å². The van der Waals surface area contributed by atoms with E-state index in [1.54, 1.807) is 0 Å². The summed E-state index contributed by atoms with van der Waals surface area (Å²) in [6, 6.07) is 0. The molecule has 0 saturated carbocycles. The maximum absolute atomic E-state index is 5.44. The Labute approximate surface area is 102 Å². The molecule has 1 heterocycles. The third-order valence-electron chi connectivity index (χ3n) is 2.37. The summed E-state index contributed by atoms with van der Waals surface area (Å²) in [5, 5.41) is 0. The third kappa shape index (κ3) is 3.39. The van der Waals surface area contributed by atoms with E-state index in [9.17, 15) is 0 Å². The van der Waals surface area contributed by atoms with E-state index >= 15 is 0 Å². The highest BCUT2D eigenvalue weighted by atomic mass is 32.1. The number of rotatable bonds is 5. The van der Waals surface area contributed by atoms with Crippen molar-refractivity contribution >= 4 is 12.2 Å². The van der Waals surface area contributed by atoms with Crippen LogP contribution in [0.15, 0.2) is 0 Å². The van der Waals surface area contributed by atoms with Gasteiger partial charge in [-0.05, 0) is 19.3 Å². The molecule has 0 atom stereocenters. The minimum Gasteiger partial charge on any atom is -0.374 e. The van der Waals surface area contributed by atoms with E-state index in [1.165, 1.54) is 0 Å². The lowest BCUT2D eigenvalue weighted by atomic mass is 10.0. The van der Waals surface area contributed by atoms with Crippen molar-refractivity contribution in [2.45, 2.75) is 46.6 Å².